The molecule has 0 bridgehead atoms. The number of nitrogens with zero attached hydrogens (tertiary/aromatic N) is 1. The molecule has 0 aliphatic carbocycles. The molecule has 1 N–H and O–H groups in total. The maximum Gasteiger partial charge on any atom is 0.0366 e. The highest BCUT2D eigenvalue weighted by atomic mass is 15.1. The summed E-state index contributed by atoms with van der Waals surface area (Å²) in [5.41, 5.74) is 2.78. The van der Waals surface area contributed by atoms with E-state index in [1.807, 2.05) is 0 Å². The van der Waals surface area contributed by atoms with Gasteiger partial charge in [-0.3, -0.25) is 0 Å². The average Bonchev–Trinajstić information content (AvgIpc) is 2.37. The SMILES string of the molecule is CC(C)NCc1ccc(N2CCCCCCC2)cc1. The van der Waals surface area contributed by atoms with Gasteiger partial charge in [0.1, 0.15) is 0 Å². The van der Waals surface area contributed by atoms with Crippen LogP contribution in [0.15, 0.2) is 24.3 Å². The molecule has 1 aromatic carbocycles. The second kappa shape index (κ2) is 7.54. The number of rotatable bonds is 4. The summed E-state index contributed by atoms with van der Waals surface area (Å²) in [5.74, 6) is 0. The van der Waals surface area contributed by atoms with Crippen LogP contribution in [0.5, 0.6) is 0 Å². The van der Waals surface area contributed by atoms with Crippen molar-refractivity contribution >= 4 is 5.69 Å². The monoisotopic (exact) mass is 260 g/mol. The van der Waals surface area contributed by atoms with E-state index >= 15 is 0 Å². The Morgan fingerprint density at radius 1 is 0.947 bits per heavy atom. The largest absolute Gasteiger partial charge is 0.372 e. The summed E-state index contributed by atoms with van der Waals surface area (Å²) in [6.07, 6.45) is 6.90. The predicted molar refractivity (Wildman–Crippen MR) is 83.7 cm³/mol. The van der Waals surface area contributed by atoms with Crippen molar-refractivity contribution in [1.29, 1.82) is 0 Å². The summed E-state index contributed by atoms with van der Waals surface area (Å²) in [4.78, 5) is 2.55. The highest BCUT2D eigenvalue weighted by Crippen LogP contribution is 2.19. The molecule has 1 heterocycles. The fraction of sp³-hybridized carbons (Fsp3) is 0.647. The Kier molecular flexibility index (Phi) is 5.71. The van der Waals surface area contributed by atoms with Gasteiger partial charge in [-0.1, -0.05) is 45.2 Å². The van der Waals surface area contributed by atoms with Gasteiger partial charge in [0.05, 0.1) is 0 Å². The van der Waals surface area contributed by atoms with Crippen LogP contribution in [0.1, 0.15) is 51.5 Å². The van der Waals surface area contributed by atoms with Gasteiger partial charge in [0.15, 0.2) is 0 Å². The molecule has 0 aromatic heterocycles. The van der Waals surface area contributed by atoms with Crippen molar-refractivity contribution in [3.05, 3.63) is 29.8 Å². The molecule has 1 aliphatic rings. The predicted octanol–water partition coefficient (Wildman–Crippen LogP) is 3.96. The maximum absolute atomic E-state index is 3.47. The second-order valence-corrected chi connectivity index (χ2v) is 5.96. The van der Waals surface area contributed by atoms with E-state index in [4.69, 9.17) is 0 Å². The zero-order chi connectivity index (χ0) is 13.5. The van der Waals surface area contributed by atoms with E-state index < -0.39 is 0 Å². The van der Waals surface area contributed by atoms with Gasteiger partial charge in [0.2, 0.25) is 0 Å². The molecule has 19 heavy (non-hydrogen) atoms. The van der Waals surface area contributed by atoms with Crippen LogP contribution in [0.25, 0.3) is 0 Å². The Labute approximate surface area is 118 Å². The van der Waals surface area contributed by atoms with Crippen LogP contribution in [0.4, 0.5) is 5.69 Å². The molecule has 0 saturated carbocycles. The molecule has 1 aliphatic heterocycles. The Morgan fingerprint density at radius 3 is 2.11 bits per heavy atom. The zero-order valence-corrected chi connectivity index (χ0v) is 12.5. The first-order chi connectivity index (χ1) is 9.25. The normalized spacial score (nSPS) is 17.3. The highest BCUT2D eigenvalue weighted by Gasteiger charge is 2.08. The summed E-state index contributed by atoms with van der Waals surface area (Å²) < 4.78 is 0. The third kappa shape index (κ3) is 4.87. The minimum atomic E-state index is 0.550. The Balaban J connectivity index is 1.92. The summed E-state index contributed by atoms with van der Waals surface area (Å²) in [6.45, 7) is 7.80. The Bertz CT molecular complexity index is 348. The van der Waals surface area contributed by atoms with Gasteiger partial charge in [-0.25, -0.2) is 0 Å². The van der Waals surface area contributed by atoms with Gasteiger partial charge < -0.3 is 10.2 Å². The van der Waals surface area contributed by atoms with Crippen LogP contribution >= 0.6 is 0 Å². The van der Waals surface area contributed by atoms with E-state index in [0.29, 0.717) is 6.04 Å². The van der Waals surface area contributed by atoms with Gasteiger partial charge >= 0.3 is 0 Å². The van der Waals surface area contributed by atoms with E-state index in [1.165, 1.54) is 56.4 Å². The number of anilines is 1. The van der Waals surface area contributed by atoms with Gasteiger partial charge in [-0.2, -0.15) is 0 Å². The van der Waals surface area contributed by atoms with Crippen LogP contribution in [-0.2, 0) is 6.54 Å². The lowest BCUT2D eigenvalue weighted by Crippen LogP contribution is -2.27. The van der Waals surface area contributed by atoms with Crippen LogP contribution in [0.3, 0.4) is 0 Å². The lowest BCUT2D eigenvalue weighted by atomic mass is 10.1. The molecule has 0 unspecified atom stereocenters. The molecule has 0 spiro atoms. The number of benzene rings is 1. The van der Waals surface area contributed by atoms with E-state index in [-0.39, 0.29) is 0 Å². The summed E-state index contributed by atoms with van der Waals surface area (Å²) in [6, 6.07) is 9.67. The number of nitrogens with one attached hydrogen (secondary N) is 1. The minimum absolute atomic E-state index is 0.550. The number of hydrogen-bond acceptors (Lipinski definition) is 2. The lowest BCUT2D eigenvalue weighted by molar-refractivity contribution is 0.556. The molecular weight excluding hydrogens is 232 g/mol. The number of hydrogen-bond donors (Lipinski definition) is 1. The smallest absolute Gasteiger partial charge is 0.0366 e. The van der Waals surface area contributed by atoms with E-state index in [9.17, 15) is 0 Å². The molecule has 0 amide bonds. The van der Waals surface area contributed by atoms with Crippen molar-refractivity contribution in [2.24, 2.45) is 0 Å². The van der Waals surface area contributed by atoms with Crippen LogP contribution in [0.2, 0.25) is 0 Å². The fourth-order valence-corrected chi connectivity index (χ4v) is 2.65. The van der Waals surface area contributed by atoms with Crippen molar-refractivity contribution < 1.29 is 0 Å². The van der Waals surface area contributed by atoms with E-state index in [2.05, 4.69) is 48.3 Å². The average molecular weight is 260 g/mol. The van der Waals surface area contributed by atoms with Crippen molar-refractivity contribution in [3.63, 3.8) is 0 Å². The molecule has 106 valence electrons. The molecule has 0 atom stereocenters. The van der Waals surface area contributed by atoms with Crippen molar-refractivity contribution in [1.82, 2.24) is 5.32 Å². The van der Waals surface area contributed by atoms with Crippen molar-refractivity contribution in [2.45, 2.75) is 58.5 Å². The van der Waals surface area contributed by atoms with Crippen molar-refractivity contribution in [2.75, 3.05) is 18.0 Å². The second-order valence-electron chi connectivity index (χ2n) is 5.96. The minimum Gasteiger partial charge on any atom is -0.372 e. The Morgan fingerprint density at radius 2 is 1.53 bits per heavy atom. The van der Waals surface area contributed by atoms with Gasteiger partial charge in [-0.15, -0.1) is 0 Å². The van der Waals surface area contributed by atoms with Crippen LogP contribution < -0.4 is 10.2 Å². The fourth-order valence-electron chi connectivity index (χ4n) is 2.65. The summed E-state index contributed by atoms with van der Waals surface area (Å²) in [7, 11) is 0. The molecule has 2 nitrogen and oxygen atoms in total. The van der Waals surface area contributed by atoms with Crippen LogP contribution in [-0.4, -0.2) is 19.1 Å². The van der Waals surface area contributed by atoms with Crippen molar-refractivity contribution in [3.8, 4) is 0 Å². The van der Waals surface area contributed by atoms with Crippen LogP contribution in [0, 0.1) is 0 Å². The summed E-state index contributed by atoms with van der Waals surface area (Å²) >= 11 is 0. The molecule has 2 rings (SSSR count). The molecule has 1 fully saturated rings. The third-order valence-corrected chi connectivity index (χ3v) is 3.87. The molecule has 0 radical (unpaired) electrons. The standard InChI is InChI=1S/C17H28N2/c1-15(2)18-14-16-8-10-17(11-9-16)19-12-6-4-3-5-7-13-19/h8-11,15,18H,3-7,12-14H2,1-2H3. The third-order valence-electron chi connectivity index (χ3n) is 3.87. The Hall–Kier alpha value is -1.02. The topological polar surface area (TPSA) is 15.3 Å². The molecule has 2 heteroatoms. The van der Waals surface area contributed by atoms with Gasteiger partial charge in [0, 0.05) is 31.4 Å². The zero-order valence-electron chi connectivity index (χ0n) is 12.5. The van der Waals surface area contributed by atoms with Gasteiger partial charge in [-0.05, 0) is 30.5 Å². The van der Waals surface area contributed by atoms with E-state index in [1.54, 1.807) is 0 Å². The first-order valence-electron chi connectivity index (χ1n) is 7.83. The first-order valence-corrected chi connectivity index (χ1v) is 7.83. The van der Waals surface area contributed by atoms with Gasteiger partial charge in [0.25, 0.3) is 0 Å². The molecule has 1 aromatic rings. The summed E-state index contributed by atoms with van der Waals surface area (Å²) in [5, 5.41) is 3.47. The molecule has 1 saturated heterocycles. The highest BCUT2D eigenvalue weighted by molar-refractivity contribution is 5.47. The maximum atomic E-state index is 3.47. The first kappa shape index (κ1) is 14.4. The molecular formula is C17H28N2. The quantitative estimate of drug-likeness (QED) is 0.881. The lowest BCUT2D eigenvalue weighted by Gasteiger charge is -2.27. The van der Waals surface area contributed by atoms with E-state index in [0.717, 1.165) is 6.54 Å².